The summed E-state index contributed by atoms with van der Waals surface area (Å²) in [6.07, 6.45) is 0. The highest BCUT2D eigenvalue weighted by Gasteiger charge is 2.42. The second-order valence-electron chi connectivity index (χ2n) is 7.33. The summed E-state index contributed by atoms with van der Waals surface area (Å²) in [6, 6.07) is 20.5. The van der Waals surface area contributed by atoms with Gasteiger partial charge in [-0.1, -0.05) is 70.2 Å². The molecule has 0 spiro atoms. The molecule has 0 saturated heterocycles. The standard InChI is InChI=1S/C24H16BrFN4O2S/c25-15-10-11-19(17(26)12-15)27-20(31)13-33-24-28-18-9-5-4-8-16(18)22-29-23(32)21(30(22)24)14-6-2-1-3-7-14/h1-12,21H,13H2,(H,27,31). The fourth-order valence-electron chi connectivity index (χ4n) is 3.70. The number of fused-ring (bicyclic) bond motifs is 3. The van der Waals surface area contributed by atoms with Crippen LogP contribution in [-0.2, 0) is 9.59 Å². The molecule has 6 nitrogen and oxygen atoms in total. The second-order valence-corrected chi connectivity index (χ2v) is 9.19. The Morgan fingerprint density at radius 2 is 1.82 bits per heavy atom. The molecule has 3 aromatic carbocycles. The van der Waals surface area contributed by atoms with Crippen molar-refractivity contribution in [3.05, 3.63) is 94.2 Å². The quantitative estimate of drug-likeness (QED) is 0.505. The number of anilines is 1. The van der Waals surface area contributed by atoms with Crippen LogP contribution >= 0.6 is 27.7 Å². The SMILES string of the molecule is O=C(CSC1=Nc2ccccc2C2=NC(=O)C(c3ccccc3)N12)Nc1ccc(Br)cc1F. The van der Waals surface area contributed by atoms with Crippen LogP contribution in [0.25, 0.3) is 0 Å². The number of rotatable bonds is 4. The van der Waals surface area contributed by atoms with Crippen molar-refractivity contribution >= 4 is 61.9 Å². The Kier molecular flexibility index (Phi) is 5.82. The monoisotopic (exact) mass is 522 g/mol. The van der Waals surface area contributed by atoms with Crippen LogP contribution in [-0.4, -0.2) is 33.5 Å². The van der Waals surface area contributed by atoms with Gasteiger partial charge in [0.05, 0.1) is 17.1 Å². The molecule has 0 fully saturated rings. The van der Waals surface area contributed by atoms with Gasteiger partial charge in [-0.25, -0.2) is 9.38 Å². The van der Waals surface area contributed by atoms with E-state index in [0.717, 1.165) is 11.1 Å². The van der Waals surface area contributed by atoms with Gasteiger partial charge < -0.3 is 5.32 Å². The summed E-state index contributed by atoms with van der Waals surface area (Å²) in [4.78, 5) is 36.3. The lowest BCUT2D eigenvalue weighted by atomic mass is 10.0. The predicted molar refractivity (Wildman–Crippen MR) is 131 cm³/mol. The number of hydrogen-bond acceptors (Lipinski definition) is 5. The van der Waals surface area contributed by atoms with Crippen molar-refractivity contribution in [2.75, 3.05) is 11.1 Å². The van der Waals surface area contributed by atoms with Gasteiger partial charge in [0.25, 0.3) is 5.91 Å². The van der Waals surface area contributed by atoms with Crippen molar-refractivity contribution in [1.82, 2.24) is 4.90 Å². The molecule has 0 radical (unpaired) electrons. The Labute approximate surface area is 201 Å². The van der Waals surface area contributed by atoms with Gasteiger partial charge in [0.2, 0.25) is 5.91 Å². The largest absolute Gasteiger partial charge is 0.323 e. The molecule has 2 aliphatic rings. The fourth-order valence-corrected chi connectivity index (χ4v) is 4.86. The van der Waals surface area contributed by atoms with Crippen LogP contribution in [0.15, 0.2) is 87.3 Å². The average Bonchev–Trinajstić information content (AvgIpc) is 3.17. The van der Waals surface area contributed by atoms with Crippen LogP contribution in [0.1, 0.15) is 17.2 Å². The van der Waals surface area contributed by atoms with Crippen molar-refractivity contribution < 1.29 is 14.0 Å². The molecule has 0 bridgehead atoms. The lowest BCUT2D eigenvalue weighted by Gasteiger charge is -2.31. The summed E-state index contributed by atoms with van der Waals surface area (Å²) in [6.45, 7) is 0. The molecule has 9 heteroatoms. The van der Waals surface area contributed by atoms with Crippen LogP contribution in [0.4, 0.5) is 15.8 Å². The minimum atomic E-state index is -0.659. The number of hydrogen-bond donors (Lipinski definition) is 1. The van der Waals surface area contributed by atoms with E-state index < -0.39 is 11.9 Å². The number of nitrogens with zero attached hydrogens (tertiary/aromatic N) is 3. The number of nitrogens with one attached hydrogen (secondary N) is 1. The average molecular weight is 523 g/mol. The molecule has 3 aromatic rings. The summed E-state index contributed by atoms with van der Waals surface area (Å²) in [5.41, 5.74) is 2.32. The van der Waals surface area contributed by atoms with Crippen molar-refractivity contribution in [2.24, 2.45) is 9.98 Å². The molecule has 1 unspecified atom stereocenters. The lowest BCUT2D eigenvalue weighted by Crippen LogP contribution is -2.39. The lowest BCUT2D eigenvalue weighted by molar-refractivity contribution is -0.119. The molecule has 0 aliphatic carbocycles. The van der Waals surface area contributed by atoms with Crippen molar-refractivity contribution in [2.45, 2.75) is 6.04 Å². The third-order valence-corrected chi connectivity index (χ3v) is 6.60. The van der Waals surface area contributed by atoms with Crippen molar-refractivity contribution in [1.29, 1.82) is 0 Å². The topological polar surface area (TPSA) is 74.1 Å². The number of amides is 2. The minimum absolute atomic E-state index is 0.0179. The molecule has 2 heterocycles. The van der Waals surface area contributed by atoms with Gasteiger partial charge in [0.15, 0.2) is 5.17 Å². The van der Waals surface area contributed by atoms with E-state index >= 15 is 0 Å². The second kappa shape index (κ2) is 8.92. The minimum Gasteiger partial charge on any atom is -0.323 e. The number of benzene rings is 3. The number of aliphatic imine (C=N–C) groups is 2. The first-order chi connectivity index (χ1) is 16.0. The van der Waals surface area contributed by atoms with Crippen LogP contribution in [0, 0.1) is 5.82 Å². The highest BCUT2D eigenvalue weighted by molar-refractivity contribution is 9.10. The number of thioether (sulfide) groups is 1. The Hall–Kier alpha value is -3.30. The van der Waals surface area contributed by atoms with Crippen molar-refractivity contribution in [3.8, 4) is 0 Å². The van der Waals surface area contributed by atoms with Gasteiger partial charge in [0, 0.05) is 10.0 Å². The smallest absolute Gasteiger partial charge is 0.275 e. The molecule has 5 rings (SSSR count). The van der Waals surface area contributed by atoms with E-state index in [4.69, 9.17) is 4.99 Å². The van der Waals surface area contributed by atoms with Gasteiger partial charge in [-0.3, -0.25) is 14.5 Å². The van der Waals surface area contributed by atoms with Gasteiger partial charge >= 0.3 is 0 Å². The summed E-state index contributed by atoms with van der Waals surface area (Å²) in [5, 5.41) is 3.07. The van der Waals surface area contributed by atoms with Crippen LogP contribution in [0.5, 0.6) is 0 Å². The molecule has 33 heavy (non-hydrogen) atoms. The number of para-hydroxylation sites is 1. The highest BCUT2D eigenvalue weighted by Crippen LogP contribution is 2.39. The van der Waals surface area contributed by atoms with Gasteiger partial charge in [-0.05, 0) is 35.9 Å². The number of carbonyl (C=O) groups excluding carboxylic acids is 2. The maximum atomic E-state index is 14.1. The van der Waals surface area contributed by atoms with Crippen LogP contribution in [0.3, 0.4) is 0 Å². The molecule has 2 amide bonds. The first kappa shape index (κ1) is 21.5. The van der Waals surface area contributed by atoms with Gasteiger partial charge in [-0.2, -0.15) is 4.99 Å². The number of carbonyl (C=O) groups is 2. The summed E-state index contributed by atoms with van der Waals surface area (Å²) in [5.74, 6) is -0.710. The van der Waals surface area contributed by atoms with E-state index in [0.29, 0.717) is 21.2 Å². The van der Waals surface area contributed by atoms with E-state index in [1.807, 2.05) is 54.6 Å². The first-order valence-corrected chi connectivity index (χ1v) is 11.8. The van der Waals surface area contributed by atoms with E-state index in [-0.39, 0.29) is 23.3 Å². The Balaban J connectivity index is 1.42. The zero-order chi connectivity index (χ0) is 22.9. The van der Waals surface area contributed by atoms with Crippen molar-refractivity contribution in [3.63, 3.8) is 0 Å². The summed E-state index contributed by atoms with van der Waals surface area (Å²) >= 11 is 4.37. The fraction of sp³-hybridized carbons (Fsp3) is 0.0833. The molecule has 0 saturated carbocycles. The third kappa shape index (κ3) is 4.21. The molecular weight excluding hydrogens is 507 g/mol. The van der Waals surface area contributed by atoms with E-state index in [1.165, 1.54) is 23.9 Å². The third-order valence-electron chi connectivity index (χ3n) is 5.16. The highest BCUT2D eigenvalue weighted by atomic mass is 79.9. The first-order valence-electron chi connectivity index (χ1n) is 10.0. The van der Waals surface area contributed by atoms with Gasteiger partial charge in [-0.15, -0.1) is 0 Å². The number of amidine groups is 2. The molecular formula is C24H16BrFN4O2S. The molecule has 1 N–H and O–H groups in total. The normalized spacial score (nSPS) is 16.6. The summed E-state index contributed by atoms with van der Waals surface area (Å²) in [7, 11) is 0. The van der Waals surface area contributed by atoms with Crippen LogP contribution in [0.2, 0.25) is 0 Å². The molecule has 0 aromatic heterocycles. The molecule has 164 valence electrons. The van der Waals surface area contributed by atoms with Crippen LogP contribution < -0.4 is 5.32 Å². The van der Waals surface area contributed by atoms with E-state index in [9.17, 15) is 14.0 Å². The Bertz CT molecular complexity index is 1330. The Morgan fingerprint density at radius 3 is 2.61 bits per heavy atom. The Morgan fingerprint density at radius 1 is 1.06 bits per heavy atom. The predicted octanol–water partition coefficient (Wildman–Crippen LogP) is 5.29. The zero-order valence-corrected chi connectivity index (χ0v) is 19.4. The van der Waals surface area contributed by atoms with E-state index in [1.54, 1.807) is 11.0 Å². The molecule has 1 atom stereocenters. The maximum absolute atomic E-state index is 14.1. The maximum Gasteiger partial charge on any atom is 0.275 e. The number of halogens is 2. The van der Waals surface area contributed by atoms with E-state index in [2.05, 4.69) is 26.2 Å². The summed E-state index contributed by atoms with van der Waals surface area (Å²) < 4.78 is 14.7. The van der Waals surface area contributed by atoms with Gasteiger partial charge in [0.1, 0.15) is 17.7 Å². The zero-order valence-electron chi connectivity index (χ0n) is 17.0. The molecule has 2 aliphatic heterocycles.